The highest BCUT2D eigenvalue weighted by molar-refractivity contribution is 7.93. The number of pyridine rings is 1. The molecule has 5 nitrogen and oxygen atoms in total. The summed E-state index contributed by atoms with van der Waals surface area (Å²) in [6.45, 7) is 1.88. The van der Waals surface area contributed by atoms with Gasteiger partial charge in [0.15, 0.2) is 0 Å². The Morgan fingerprint density at radius 2 is 2.05 bits per heavy atom. The molecule has 0 radical (unpaired) electrons. The lowest BCUT2D eigenvalue weighted by Crippen LogP contribution is -2.21. The molecule has 0 amide bonds. The Labute approximate surface area is 122 Å². The number of anilines is 1. The molecule has 0 atom stereocenters. The van der Waals surface area contributed by atoms with E-state index in [9.17, 15) is 8.42 Å². The van der Waals surface area contributed by atoms with Crippen molar-refractivity contribution in [3.8, 4) is 0 Å². The van der Waals surface area contributed by atoms with Crippen LogP contribution in [0.4, 0.5) is 5.69 Å². The molecule has 0 aliphatic rings. The summed E-state index contributed by atoms with van der Waals surface area (Å²) in [7, 11) is -3.79. The van der Waals surface area contributed by atoms with Gasteiger partial charge in [-0.3, -0.25) is 9.71 Å². The van der Waals surface area contributed by atoms with Crippen molar-refractivity contribution in [2.75, 3.05) is 4.72 Å². The molecule has 1 aromatic carbocycles. The van der Waals surface area contributed by atoms with E-state index in [1.54, 1.807) is 18.2 Å². The monoisotopic (exact) mass is 307 g/mol. The van der Waals surface area contributed by atoms with Crippen LogP contribution in [0.15, 0.2) is 47.5 Å². The Morgan fingerprint density at radius 1 is 1.30 bits per heavy atom. The lowest BCUT2D eigenvalue weighted by Gasteiger charge is -2.11. The zero-order chi connectivity index (χ0) is 14.8. The van der Waals surface area contributed by atoms with Gasteiger partial charge < -0.3 is 5.73 Å². The molecular weight excluding hydrogens is 294 g/mol. The summed E-state index contributed by atoms with van der Waals surface area (Å²) in [5.74, 6) is 0. The third-order valence-corrected chi connectivity index (χ3v) is 4.17. The molecule has 0 saturated heterocycles. The zero-order valence-corrected chi connectivity index (χ0v) is 12.3. The number of thiocarbonyl (C=S) groups is 1. The van der Waals surface area contributed by atoms with E-state index in [-0.39, 0.29) is 15.6 Å². The van der Waals surface area contributed by atoms with Gasteiger partial charge in [-0.05, 0) is 36.8 Å². The fourth-order valence-corrected chi connectivity index (χ4v) is 3.16. The molecule has 2 rings (SSSR count). The Hall–Kier alpha value is -1.99. The summed E-state index contributed by atoms with van der Waals surface area (Å²) in [6, 6.07) is 9.98. The SMILES string of the molecule is Cc1cccc(NS(=O)(=O)c2cccnc2C(N)=S)c1. The van der Waals surface area contributed by atoms with Crippen LogP contribution in [0.25, 0.3) is 0 Å². The van der Waals surface area contributed by atoms with Gasteiger partial charge >= 0.3 is 0 Å². The molecule has 3 N–H and O–H groups in total. The predicted molar refractivity (Wildman–Crippen MR) is 82.1 cm³/mol. The van der Waals surface area contributed by atoms with Crippen LogP contribution in [-0.2, 0) is 10.0 Å². The van der Waals surface area contributed by atoms with Gasteiger partial charge in [0.2, 0.25) is 0 Å². The normalized spacial score (nSPS) is 11.1. The minimum absolute atomic E-state index is 0.0333. The third kappa shape index (κ3) is 3.12. The van der Waals surface area contributed by atoms with Crippen molar-refractivity contribution in [1.82, 2.24) is 4.98 Å². The summed E-state index contributed by atoms with van der Waals surface area (Å²) in [6.07, 6.45) is 1.44. The van der Waals surface area contributed by atoms with Crippen molar-refractivity contribution in [3.05, 3.63) is 53.9 Å². The average Bonchev–Trinajstić information content (AvgIpc) is 2.38. The number of aromatic nitrogens is 1. The maximum atomic E-state index is 12.4. The highest BCUT2D eigenvalue weighted by Gasteiger charge is 2.20. The number of aryl methyl sites for hydroxylation is 1. The summed E-state index contributed by atoms with van der Waals surface area (Å²) in [5, 5.41) is 0. The molecule has 1 heterocycles. The van der Waals surface area contributed by atoms with Crippen LogP contribution in [0.3, 0.4) is 0 Å². The van der Waals surface area contributed by atoms with E-state index >= 15 is 0 Å². The number of sulfonamides is 1. The van der Waals surface area contributed by atoms with E-state index in [1.807, 2.05) is 13.0 Å². The molecule has 0 saturated carbocycles. The second-order valence-corrected chi connectivity index (χ2v) is 6.28. The maximum Gasteiger partial charge on any atom is 0.264 e. The summed E-state index contributed by atoms with van der Waals surface area (Å²) < 4.78 is 27.2. The predicted octanol–water partition coefficient (Wildman–Crippen LogP) is 1.83. The molecule has 0 unspecified atom stereocenters. The summed E-state index contributed by atoms with van der Waals surface area (Å²) in [4.78, 5) is 3.82. The summed E-state index contributed by atoms with van der Waals surface area (Å²) >= 11 is 4.83. The largest absolute Gasteiger partial charge is 0.388 e. The Kier molecular flexibility index (Phi) is 4.01. The quantitative estimate of drug-likeness (QED) is 0.842. The van der Waals surface area contributed by atoms with Crippen molar-refractivity contribution < 1.29 is 8.42 Å². The van der Waals surface area contributed by atoms with Gasteiger partial charge in [-0.2, -0.15) is 0 Å². The summed E-state index contributed by atoms with van der Waals surface area (Å²) in [5.41, 5.74) is 7.02. The van der Waals surface area contributed by atoms with Crippen molar-refractivity contribution >= 4 is 32.9 Å². The average molecular weight is 307 g/mol. The minimum atomic E-state index is -3.79. The second kappa shape index (κ2) is 5.56. The van der Waals surface area contributed by atoms with Gasteiger partial charge in [-0.25, -0.2) is 8.42 Å². The number of rotatable bonds is 4. The number of nitrogens with zero attached hydrogens (tertiary/aromatic N) is 1. The lowest BCUT2D eigenvalue weighted by molar-refractivity contribution is 0.600. The third-order valence-electron chi connectivity index (χ3n) is 2.56. The van der Waals surface area contributed by atoms with Gasteiger partial charge in [0.25, 0.3) is 10.0 Å². The molecule has 20 heavy (non-hydrogen) atoms. The molecule has 0 fully saturated rings. The van der Waals surface area contributed by atoms with Gasteiger partial charge in [0.1, 0.15) is 15.6 Å². The van der Waals surface area contributed by atoms with Gasteiger partial charge in [0.05, 0.1) is 0 Å². The van der Waals surface area contributed by atoms with Crippen LogP contribution >= 0.6 is 12.2 Å². The topological polar surface area (TPSA) is 85.1 Å². The number of hydrogen-bond acceptors (Lipinski definition) is 4. The van der Waals surface area contributed by atoms with E-state index in [0.29, 0.717) is 5.69 Å². The van der Waals surface area contributed by atoms with Crippen LogP contribution in [0, 0.1) is 6.92 Å². The Bertz CT molecular complexity index is 758. The Balaban J connectivity index is 2.44. The first kappa shape index (κ1) is 14.4. The van der Waals surface area contributed by atoms with Crippen LogP contribution in [-0.4, -0.2) is 18.4 Å². The molecule has 0 aliphatic heterocycles. The highest BCUT2D eigenvalue weighted by Crippen LogP contribution is 2.19. The number of hydrogen-bond donors (Lipinski definition) is 2. The van der Waals surface area contributed by atoms with Gasteiger partial charge in [-0.15, -0.1) is 0 Å². The molecule has 0 spiro atoms. The molecule has 0 aliphatic carbocycles. The molecule has 2 aromatic rings. The minimum Gasteiger partial charge on any atom is -0.388 e. The maximum absolute atomic E-state index is 12.4. The lowest BCUT2D eigenvalue weighted by atomic mass is 10.2. The number of nitrogens with two attached hydrogens (primary N) is 1. The van der Waals surface area contributed by atoms with E-state index in [1.165, 1.54) is 18.3 Å². The second-order valence-electron chi connectivity index (χ2n) is 4.19. The molecule has 7 heteroatoms. The van der Waals surface area contributed by atoms with Crippen molar-refractivity contribution in [2.45, 2.75) is 11.8 Å². The highest BCUT2D eigenvalue weighted by atomic mass is 32.2. The van der Waals surface area contributed by atoms with Gasteiger partial charge in [0, 0.05) is 11.9 Å². The fourth-order valence-electron chi connectivity index (χ4n) is 1.71. The molecule has 104 valence electrons. The van der Waals surface area contributed by atoms with Crippen molar-refractivity contribution in [1.29, 1.82) is 0 Å². The van der Waals surface area contributed by atoms with Crippen molar-refractivity contribution in [3.63, 3.8) is 0 Å². The standard InChI is InChI=1S/C13H13N3O2S2/c1-9-4-2-5-10(8-9)16-20(17,18)11-6-3-7-15-12(11)13(14)19/h2-8,16H,1H3,(H2,14,19). The molecule has 0 bridgehead atoms. The number of benzene rings is 1. The van der Waals surface area contributed by atoms with Gasteiger partial charge in [-0.1, -0.05) is 24.4 Å². The van der Waals surface area contributed by atoms with E-state index in [0.717, 1.165) is 5.56 Å². The van der Waals surface area contributed by atoms with E-state index in [4.69, 9.17) is 18.0 Å². The first-order valence-corrected chi connectivity index (χ1v) is 7.63. The molecular formula is C13H13N3O2S2. The zero-order valence-electron chi connectivity index (χ0n) is 10.7. The van der Waals surface area contributed by atoms with Crippen LogP contribution < -0.4 is 10.5 Å². The fraction of sp³-hybridized carbons (Fsp3) is 0.0769. The van der Waals surface area contributed by atoms with E-state index < -0.39 is 10.0 Å². The van der Waals surface area contributed by atoms with E-state index in [2.05, 4.69) is 9.71 Å². The molecule has 1 aromatic heterocycles. The van der Waals surface area contributed by atoms with Crippen molar-refractivity contribution in [2.24, 2.45) is 5.73 Å². The first-order chi connectivity index (χ1) is 9.40. The Morgan fingerprint density at radius 3 is 2.70 bits per heavy atom. The first-order valence-electron chi connectivity index (χ1n) is 5.74. The number of nitrogens with one attached hydrogen (secondary N) is 1. The smallest absolute Gasteiger partial charge is 0.264 e. The van der Waals surface area contributed by atoms with Crippen LogP contribution in [0.2, 0.25) is 0 Å². The van der Waals surface area contributed by atoms with Crippen LogP contribution in [0.5, 0.6) is 0 Å². The van der Waals surface area contributed by atoms with Crippen LogP contribution in [0.1, 0.15) is 11.3 Å².